The highest BCUT2D eigenvalue weighted by Gasteiger charge is 2.30. The van der Waals surface area contributed by atoms with Crippen molar-refractivity contribution in [1.82, 2.24) is 5.32 Å². The summed E-state index contributed by atoms with van der Waals surface area (Å²) in [5.74, 6) is 1.41. The molecule has 1 aromatic rings. The molecule has 1 aliphatic rings. The van der Waals surface area contributed by atoms with Crippen molar-refractivity contribution in [3.05, 3.63) is 30.3 Å². The van der Waals surface area contributed by atoms with Gasteiger partial charge >= 0.3 is 0 Å². The normalized spacial score (nSPS) is 16.1. The first-order chi connectivity index (χ1) is 8.79. The van der Waals surface area contributed by atoms with E-state index in [1.54, 1.807) is 0 Å². The summed E-state index contributed by atoms with van der Waals surface area (Å²) in [6.45, 7) is 0.924. The van der Waals surface area contributed by atoms with Gasteiger partial charge in [0.2, 0.25) is 5.91 Å². The van der Waals surface area contributed by atoms with E-state index in [1.165, 1.54) is 12.8 Å². The highest BCUT2D eigenvalue weighted by Crippen LogP contribution is 2.32. The predicted molar refractivity (Wildman–Crippen MR) is 70.3 cm³/mol. The lowest BCUT2D eigenvalue weighted by atomic mass is 10.2. The molecule has 1 saturated carbocycles. The molecular weight excluding hydrogens is 228 g/mol. The molecule has 3 N–H and O–H groups in total. The van der Waals surface area contributed by atoms with Gasteiger partial charge in [-0.1, -0.05) is 18.2 Å². The maximum Gasteiger partial charge on any atom is 0.223 e. The molecule has 98 valence electrons. The minimum absolute atomic E-state index is 0.0216. The third-order valence-corrected chi connectivity index (χ3v) is 3.13. The Morgan fingerprint density at radius 1 is 1.39 bits per heavy atom. The molecule has 18 heavy (non-hydrogen) atoms. The second kappa shape index (κ2) is 6.40. The summed E-state index contributed by atoms with van der Waals surface area (Å²) in [5, 5.41) is 2.97. The topological polar surface area (TPSA) is 64.3 Å². The molecule has 1 aliphatic carbocycles. The number of amides is 1. The van der Waals surface area contributed by atoms with E-state index in [4.69, 9.17) is 10.5 Å². The van der Waals surface area contributed by atoms with Gasteiger partial charge in [-0.05, 0) is 30.9 Å². The molecule has 0 aromatic heterocycles. The maximum absolute atomic E-state index is 11.7. The van der Waals surface area contributed by atoms with E-state index in [1.807, 2.05) is 30.3 Å². The lowest BCUT2D eigenvalue weighted by Crippen LogP contribution is -2.42. The Hall–Kier alpha value is -1.55. The molecule has 1 aromatic carbocycles. The van der Waals surface area contributed by atoms with Crippen LogP contribution in [-0.4, -0.2) is 25.1 Å². The van der Waals surface area contributed by atoms with Crippen molar-refractivity contribution in [1.29, 1.82) is 0 Å². The van der Waals surface area contributed by atoms with Crippen LogP contribution in [0.1, 0.15) is 19.3 Å². The maximum atomic E-state index is 11.7. The average Bonchev–Trinajstić information content (AvgIpc) is 3.21. The third-order valence-electron chi connectivity index (χ3n) is 3.13. The Bertz CT molecular complexity index is 377. The summed E-state index contributed by atoms with van der Waals surface area (Å²) >= 11 is 0. The Balaban J connectivity index is 1.65. The van der Waals surface area contributed by atoms with Gasteiger partial charge in [0.15, 0.2) is 0 Å². The summed E-state index contributed by atoms with van der Waals surface area (Å²) in [6, 6.07) is 9.66. The molecule has 1 amide bonds. The SMILES string of the molecule is NCC(NC(=O)CCOc1ccccc1)C1CC1. The zero-order valence-electron chi connectivity index (χ0n) is 10.5. The zero-order chi connectivity index (χ0) is 12.8. The number of hydrogen-bond donors (Lipinski definition) is 2. The van der Waals surface area contributed by atoms with E-state index < -0.39 is 0 Å². The number of ether oxygens (including phenoxy) is 1. The van der Waals surface area contributed by atoms with Gasteiger partial charge < -0.3 is 15.8 Å². The van der Waals surface area contributed by atoms with Gasteiger partial charge in [-0.3, -0.25) is 4.79 Å². The summed E-state index contributed by atoms with van der Waals surface area (Å²) in [4.78, 5) is 11.7. The molecule has 1 unspecified atom stereocenters. The summed E-state index contributed by atoms with van der Waals surface area (Å²) in [6.07, 6.45) is 2.74. The first kappa shape index (κ1) is 12.9. The van der Waals surface area contributed by atoms with Crippen LogP contribution in [0.5, 0.6) is 5.75 Å². The first-order valence-corrected chi connectivity index (χ1v) is 6.47. The molecule has 0 radical (unpaired) electrons. The molecular formula is C14H20N2O2. The van der Waals surface area contributed by atoms with E-state index in [0.717, 1.165) is 5.75 Å². The number of nitrogens with two attached hydrogens (primary N) is 1. The fraction of sp³-hybridized carbons (Fsp3) is 0.500. The van der Waals surface area contributed by atoms with Crippen molar-refractivity contribution in [2.24, 2.45) is 11.7 Å². The standard InChI is InChI=1S/C14H20N2O2/c15-10-13(11-6-7-11)16-14(17)8-9-18-12-4-2-1-3-5-12/h1-5,11,13H,6-10,15H2,(H,16,17). The highest BCUT2D eigenvalue weighted by molar-refractivity contribution is 5.76. The van der Waals surface area contributed by atoms with Gasteiger partial charge in [-0.15, -0.1) is 0 Å². The van der Waals surface area contributed by atoms with E-state index >= 15 is 0 Å². The van der Waals surface area contributed by atoms with E-state index in [0.29, 0.717) is 25.5 Å². The largest absolute Gasteiger partial charge is 0.493 e. The number of hydrogen-bond acceptors (Lipinski definition) is 3. The fourth-order valence-corrected chi connectivity index (χ4v) is 1.93. The molecule has 1 fully saturated rings. The molecule has 0 saturated heterocycles. The quantitative estimate of drug-likeness (QED) is 0.764. The molecule has 4 heteroatoms. The van der Waals surface area contributed by atoms with Gasteiger partial charge in [0.25, 0.3) is 0 Å². The Labute approximate surface area is 108 Å². The van der Waals surface area contributed by atoms with Crippen LogP contribution in [-0.2, 0) is 4.79 Å². The van der Waals surface area contributed by atoms with Crippen LogP contribution in [0.15, 0.2) is 30.3 Å². The minimum atomic E-state index is 0.0216. The molecule has 0 aliphatic heterocycles. The first-order valence-electron chi connectivity index (χ1n) is 6.47. The van der Waals surface area contributed by atoms with Crippen molar-refractivity contribution in [2.75, 3.05) is 13.2 Å². The number of para-hydroxylation sites is 1. The van der Waals surface area contributed by atoms with E-state index in [-0.39, 0.29) is 11.9 Å². The number of benzene rings is 1. The number of rotatable bonds is 7. The lowest BCUT2D eigenvalue weighted by molar-refractivity contribution is -0.122. The van der Waals surface area contributed by atoms with Crippen molar-refractivity contribution >= 4 is 5.91 Å². The second-order valence-electron chi connectivity index (χ2n) is 4.66. The zero-order valence-corrected chi connectivity index (χ0v) is 10.5. The molecule has 4 nitrogen and oxygen atoms in total. The molecule has 0 heterocycles. The summed E-state index contributed by atoms with van der Waals surface area (Å²) < 4.78 is 5.48. The predicted octanol–water partition coefficient (Wildman–Crippen LogP) is 1.31. The van der Waals surface area contributed by atoms with Gasteiger partial charge in [-0.25, -0.2) is 0 Å². The van der Waals surface area contributed by atoms with Gasteiger partial charge in [0.05, 0.1) is 13.0 Å². The monoisotopic (exact) mass is 248 g/mol. The number of carbonyl (C=O) groups excluding carboxylic acids is 1. The Morgan fingerprint density at radius 2 is 2.11 bits per heavy atom. The van der Waals surface area contributed by atoms with Crippen LogP contribution < -0.4 is 15.8 Å². The third kappa shape index (κ3) is 4.04. The van der Waals surface area contributed by atoms with E-state index in [9.17, 15) is 4.79 Å². The Morgan fingerprint density at radius 3 is 2.72 bits per heavy atom. The summed E-state index contributed by atoms with van der Waals surface area (Å²) in [5.41, 5.74) is 5.64. The van der Waals surface area contributed by atoms with Gasteiger partial charge in [-0.2, -0.15) is 0 Å². The number of nitrogens with one attached hydrogen (secondary N) is 1. The smallest absolute Gasteiger partial charge is 0.223 e. The average molecular weight is 248 g/mol. The molecule has 1 atom stereocenters. The van der Waals surface area contributed by atoms with Gasteiger partial charge in [0, 0.05) is 12.6 Å². The lowest BCUT2D eigenvalue weighted by Gasteiger charge is -2.16. The van der Waals surface area contributed by atoms with Crippen molar-refractivity contribution in [3.63, 3.8) is 0 Å². The fourth-order valence-electron chi connectivity index (χ4n) is 1.93. The van der Waals surface area contributed by atoms with Crippen LogP contribution >= 0.6 is 0 Å². The van der Waals surface area contributed by atoms with Crippen LogP contribution in [0.2, 0.25) is 0 Å². The highest BCUT2D eigenvalue weighted by atomic mass is 16.5. The van der Waals surface area contributed by atoms with E-state index in [2.05, 4.69) is 5.32 Å². The Kier molecular flexibility index (Phi) is 4.59. The van der Waals surface area contributed by atoms with Crippen LogP contribution in [0.4, 0.5) is 0 Å². The van der Waals surface area contributed by atoms with Crippen LogP contribution in [0.3, 0.4) is 0 Å². The molecule has 0 bridgehead atoms. The van der Waals surface area contributed by atoms with Gasteiger partial charge in [0.1, 0.15) is 5.75 Å². The minimum Gasteiger partial charge on any atom is -0.493 e. The number of carbonyl (C=O) groups is 1. The van der Waals surface area contributed by atoms with Crippen LogP contribution in [0, 0.1) is 5.92 Å². The van der Waals surface area contributed by atoms with Crippen LogP contribution in [0.25, 0.3) is 0 Å². The van der Waals surface area contributed by atoms with Crippen molar-refractivity contribution < 1.29 is 9.53 Å². The van der Waals surface area contributed by atoms with Crippen molar-refractivity contribution in [3.8, 4) is 5.75 Å². The summed E-state index contributed by atoms with van der Waals surface area (Å²) in [7, 11) is 0. The molecule has 0 spiro atoms. The van der Waals surface area contributed by atoms with Crippen molar-refractivity contribution in [2.45, 2.75) is 25.3 Å². The second-order valence-corrected chi connectivity index (χ2v) is 4.66. The molecule has 2 rings (SSSR count).